The van der Waals surface area contributed by atoms with Crippen molar-refractivity contribution in [2.75, 3.05) is 0 Å². The van der Waals surface area contributed by atoms with Gasteiger partial charge >= 0.3 is 11.9 Å². The van der Waals surface area contributed by atoms with Crippen LogP contribution in [0.2, 0.25) is 10.0 Å². The van der Waals surface area contributed by atoms with Crippen molar-refractivity contribution in [3.63, 3.8) is 0 Å². The van der Waals surface area contributed by atoms with Gasteiger partial charge in [-0.1, -0.05) is 41.4 Å². The number of benzene rings is 2. The fourth-order valence-electron chi connectivity index (χ4n) is 2.89. The molecule has 0 bridgehead atoms. The first-order chi connectivity index (χ1) is 12.8. The fourth-order valence-corrected chi connectivity index (χ4v) is 3.28. The summed E-state index contributed by atoms with van der Waals surface area (Å²) in [5.74, 6) is -2.56. The lowest BCUT2D eigenvalue weighted by molar-refractivity contribution is -0.137. The van der Waals surface area contributed by atoms with Gasteiger partial charge in [-0.2, -0.15) is 0 Å². The molecule has 3 aromatic rings. The molecule has 0 amide bonds. The summed E-state index contributed by atoms with van der Waals surface area (Å²) in [5.41, 5.74) is 0.658. The maximum Gasteiger partial charge on any atom is 0.341 e. The molecule has 6 nitrogen and oxygen atoms in total. The Balaban J connectivity index is 2.17. The predicted molar refractivity (Wildman–Crippen MR) is 102 cm³/mol. The van der Waals surface area contributed by atoms with E-state index in [0.717, 1.165) is 11.8 Å². The first kappa shape index (κ1) is 18.9. The van der Waals surface area contributed by atoms with Crippen LogP contribution in [0.4, 0.5) is 0 Å². The van der Waals surface area contributed by atoms with Gasteiger partial charge in [0.25, 0.3) is 0 Å². The summed E-state index contributed by atoms with van der Waals surface area (Å²) in [7, 11) is 0. The average molecular weight is 406 g/mol. The highest BCUT2D eigenvalue weighted by Crippen LogP contribution is 2.28. The quantitative estimate of drug-likeness (QED) is 0.674. The number of carboxylic acids is 2. The number of aliphatic carboxylic acids is 1. The van der Waals surface area contributed by atoms with Crippen LogP contribution in [0.25, 0.3) is 10.9 Å². The van der Waals surface area contributed by atoms with E-state index in [9.17, 15) is 19.5 Å². The first-order valence-electron chi connectivity index (χ1n) is 7.82. The molecule has 0 aliphatic carbocycles. The second kappa shape index (κ2) is 7.42. The lowest BCUT2D eigenvalue weighted by Gasteiger charge is -2.12. The molecular formula is C19H13Cl2NO5. The highest BCUT2D eigenvalue weighted by molar-refractivity contribution is 6.42. The van der Waals surface area contributed by atoms with E-state index in [4.69, 9.17) is 28.3 Å². The molecule has 0 saturated carbocycles. The Labute approximate surface area is 163 Å². The Morgan fingerprint density at radius 3 is 2.48 bits per heavy atom. The van der Waals surface area contributed by atoms with E-state index in [-0.39, 0.29) is 5.39 Å². The van der Waals surface area contributed by atoms with E-state index < -0.39 is 29.5 Å². The summed E-state index contributed by atoms with van der Waals surface area (Å²) in [5, 5.41) is 19.3. The van der Waals surface area contributed by atoms with Gasteiger partial charge in [-0.25, -0.2) is 4.79 Å². The zero-order valence-electron chi connectivity index (χ0n) is 13.8. The monoisotopic (exact) mass is 405 g/mol. The first-order valence-corrected chi connectivity index (χ1v) is 8.57. The number of carboxylic acid groups (broad SMARTS) is 2. The third kappa shape index (κ3) is 3.82. The minimum Gasteiger partial charge on any atom is -0.480 e. The molecule has 0 aliphatic rings. The summed E-state index contributed by atoms with van der Waals surface area (Å²) in [6.07, 6.45) is 1.43. The molecule has 2 N–H and O–H groups in total. The van der Waals surface area contributed by atoms with E-state index in [1.165, 1.54) is 4.57 Å². The SMILES string of the molecule is O=C(O)Cn1cc(C(=O)O)c(=O)c2cc(Cc3cccc(Cl)c3Cl)ccc21. The predicted octanol–water partition coefficient (Wildman–Crippen LogP) is 3.68. The Morgan fingerprint density at radius 1 is 1.07 bits per heavy atom. The van der Waals surface area contributed by atoms with Crippen LogP contribution in [0.3, 0.4) is 0 Å². The van der Waals surface area contributed by atoms with Crippen molar-refractivity contribution in [2.24, 2.45) is 0 Å². The standard InChI is InChI=1S/C19H13Cl2NO5/c20-14-3-1-2-11(17(14)21)6-10-4-5-15-12(7-10)18(25)13(19(26)27)8-22(15)9-16(23)24/h1-5,7-8H,6,9H2,(H,23,24)(H,26,27). The number of pyridine rings is 1. The molecule has 8 heteroatoms. The van der Waals surface area contributed by atoms with Crippen LogP contribution in [0.15, 0.2) is 47.4 Å². The number of nitrogens with zero attached hydrogens (tertiary/aromatic N) is 1. The van der Waals surface area contributed by atoms with Gasteiger partial charge in [0.1, 0.15) is 12.1 Å². The van der Waals surface area contributed by atoms with Crippen molar-refractivity contribution in [3.8, 4) is 0 Å². The number of aromatic nitrogens is 1. The highest BCUT2D eigenvalue weighted by atomic mass is 35.5. The van der Waals surface area contributed by atoms with Crippen LogP contribution in [-0.2, 0) is 17.8 Å². The molecule has 27 heavy (non-hydrogen) atoms. The van der Waals surface area contributed by atoms with Crippen molar-refractivity contribution in [2.45, 2.75) is 13.0 Å². The van der Waals surface area contributed by atoms with Crippen molar-refractivity contribution < 1.29 is 19.8 Å². The number of rotatable bonds is 5. The largest absolute Gasteiger partial charge is 0.480 e. The third-order valence-corrected chi connectivity index (χ3v) is 4.96. The van der Waals surface area contributed by atoms with E-state index in [1.807, 2.05) is 0 Å². The topological polar surface area (TPSA) is 96.6 Å². The van der Waals surface area contributed by atoms with Crippen LogP contribution < -0.4 is 5.43 Å². The summed E-state index contributed by atoms with van der Waals surface area (Å²) < 4.78 is 1.23. The molecular weight excluding hydrogens is 393 g/mol. The van der Waals surface area contributed by atoms with Crippen molar-refractivity contribution in [3.05, 3.63) is 79.6 Å². The number of hydrogen-bond donors (Lipinski definition) is 2. The number of carbonyl (C=O) groups is 2. The number of fused-ring (bicyclic) bond motifs is 1. The lowest BCUT2D eigenvalue weighted by Crippen LogP contribution is -2.21. The summed E-state index contributed by atoms with van der Waals surface area (Å²) in [6.45, 7) is -0.462. The van der Waals surface area contributed by atoms with Crippen LogP contribution >= 0.6 is 23.2 Å². The van der Waals surface area contributed by atoms with Crippen LogP contribution in [0.5, 0.6) is 0 Å². The van der Waals surface area contributed by atoms with Crippen LogP contribution in [-0.4, -0.2) is 26.7 Å². The maximum atomic E-state index is 12.5. The summed E-state index contributed by atoms with van der Waals surface area (Å²) in [4.78, 5) is 35.0. The molecule has 1 aromatic heterocycles. The van der Waals surface area contributed by atoms with Gasteiger partial charge in [0.05, 0.1) is 15.6 Å². The van der Waals surface area contributed by atoms with Gasteiger partial charge in [0.2, 0.25) is 5.43 Å². The Bertz CT molecular complexity index is 1140. The van der Waals surface area contributed by atoms with Gasteiger partial charge in [-0.05, 0) is 35.7 Å². The van der Waals surface area contributed by atoms with E-state index in [1.54, 1.807) is 36.4 Å². The number of halogens is 2. The van der Waals surface area contributed by atoms with Crippen molar-refractivity contribution in [1.82, 2.24) is 4.57 Å². The zero-order valence-corrected chi connectivity index (χ0v) is 15.3. The average Bonchev–Trinajstić information content (AvgIpc) is 2.61. The molecule has 0 atom stereocenters. The second-order valence-electron chi connectivity index (χ2n) is 5.94. The smallest absolute Gasteiger partial charge is 0.341 e. The minimum atomic E-state index is -1.41. The number of hydrogen-bond acceptors (Lipinski definition) is 3. The molecule has 0 radical (unpaired) electrons. The highest BCUT2D eigenvalue weighted by Gasteiger charge is 2.16. The van der Waals surface area contributed by atoms with Gasteiger partial charge in [-0.15, -0.1) is 0 Å². The molecule has 0 fully saturated rings. The molecule has 0 spiro atoms. The summed E-state index contributed by atoms with van der Waals surface area (Å²) in [6, 6.07) is 10.1. The van der Waals surface area contributed by atoms with E-state index in [0.29, 0.717) is 27.5 Å². The lowest BCUT2D eigenvalue weighted by atomic mass is 10.0. The molecule has 2 aromatic carbocycles. The van der Waals surface area contributed by atoms with Crippen LogP contribution in [0, 0.1) is 0 Å². The molecule has 0 aliphatic heterocycles. The minimum absolute atomic E-state index is 0.131. The molecule has 3 rings (SSSR count). The second-order valence-corrected chi connectivity index (χ2v) is 6.73. The van der Waals surface area contributed by atoms with Gasteiger partial charge in [-0.3, -0.25) is 9.59 Å². The maximum absolute atomic E-state index is 12.5. The van der Waals surface area contributed by atoms with Gasteiger partial charge in [0.15, 0.2) is 0 Å². The molecule has 0 unspecified atom stereocenters. The van der Waals surface area contributed by atoms with Gasteiger partial charge in [0, 0.05) is 11.6 Å². The Hall–Kier alpha value is -2.83. The summed E-state index contributed by atoms with van der Waals surface area (Å²) >= 11 is 12.2. The van der Waals surface area contributed by atoms with E-state index in [2.05, 4.69) is 0 Å². The molecule has 0 saturated heterocycles. The van der Waals surface area contributed by atoms with Crippen LogP contribution in [0.1, 0.15) is 21.5 Å². The normalized spacial score (nSPS) is 10.9. The Morgan fingerprint density at radius 2 is 1.81 bits per heavy atom. The zero-order chi connectivity index (χ0) is 19.7. The fraction of sp³-hybridized carbons (Fsp3) is 0.105. The molecule has 1 heterocycles. The Kier molecular flexibility index (Phi) is 5.21. The van der Waals surface area contributed by atoms with E-state index >= 15 is 0 Å². The van der Waals surface area contributed by atoms with Crippen molar-refractivity contribution >= 4 is 46.0 Å². The number of aromatic carboxylic acids is 1. The van der Waals surface area contributed by atoms with Crippen molar-refractivity contribution in [1.29, 1.82) is 0 Å². The third-order valence-electron chi connectivity index (χ3n) is 4.11. The molecule has 138 valence electrons. The van der Waals surface area contributed by atoms with Gasteiger partial charge < -0.3 is 14.8 Å².